The molecule has 0 aromatic heterocycles. The molecule has 1 atom stereocenters. The average molecular weight is 255 g/mol. The summed E-state index contributed by atoms with van der Waals surface area (Å²) >= 11 is 0. The van der Waals surface area contributed by atoms with E-state index in [0.29, 0.717) is 0 Å². The number of ketones is 1. The van der Waals surface area contributed by atoms with Gasteiger partial charge >= 0.3 is 0 Å². The van der Waals surface area contributed by atoms with Gasteiger partial charge in [-0.15, -0.1) is 0 Å². The first kappa shape index (κ1) is 14.8. The molecule has 0 aliphatic heterocycles. The molecule has 0 radical (unpaired) electrons. The van der Waals surface area contributed by atoms with E-state index in [0.717, 1.165) is 25.0 Å². The average Bonchev–Trinajstić information content (AvgIpc) is 2.28. The Morgan fingerprint density at radius 1 is 1.39 bits per heavy atom. The van der Waals surface area contributed by atoms with Crippen molar-refractivity contribution in [2.75, 3.05) is 13.6 Å². The molecule has 18 heavy (non-hydrogen) atoms. The lowest BCUT2D eigenvalue weighted by Crippen LogP contribution is -2.34. The summed E-state index contributed by atoms with van der Waals surface area (Å²) in [7, 11) is 1.83. The van der Waals surface area contributed by atoms with Gasteiger partial charge in [0.15, 0.2) is 5.78 Å². The van der Waals surface area contributed by atoms with Crippen molar-refractivity contribution < 1.29 is 13.6 Å². The van der Waals surface area contributed by atoms with Crippen LogP contribution in [0.5, 0.6) is 0 Å². The molecule has 0 saturated heterocycles. The summed E-state index contributed by atoms with van der Waals surface area (Å²) in [6, 6.07) is 3.31. The van der Waals surface area contributed by atoms with Crippen LogP contribution in [0, 0.1) is 11.6 Å². The van der Waals surface area contributed by atoms with Crippen LogP contribution in [0.4, 0.5) is 8.78 Å². The Balaban J connectivity index is 2.70. The summed E-state index contributed by atoms with van der Waals surface area (Å²) in [4.78, 5) is 13.8. The maximum Gasteiger partial charge on any atom is 0.179 e. The van der Waals surface area contributed by atoms with E-state index in [9.17, 15) is 13.6 Å². The SMILES string of the molecule is CCCC(C)N(C)CC(=O)c1ccc(F)cc1F. The first-order valence-corrected chi connectivity index (χ1v) is 6.14. The van der Waals surface area contributed by atoms with Crippen LogP contribution in [0.15, 0.2) is 18.2 Å². The number of likely N-dealkylation sites (N-methyl/N-ethyl adjacent to an activating group) is 1. The van der Waals surface area contributed by atoms with Crippen molar-refractivity contribution >= 4 is 5.78 Å². The van der Waals surface area contributed by atoms with Gasteiger partial charge in [0.1, 0.15) is 11.6 Å². The topological polar surface area (TPSA) is 20.3 Å². The molecule has 0 heterocycles. The van der Waals surface area contributed by atoms with E-state index in [1.807, 2.05) is 18.9 Å². The van der Waals surface area contributed by atoms with Crippen molar-refractivity contribution in [1.82, 2.24) is 4.90 Å². The summed E-state index contributed by atoms with van der Waals surface area (Å²) in [6.07, 6.45) is 2.01. The third-order valence-electron chi connectivity index (χ3n) is 3.08. The van der Waals surface area contributed by atoms with E-state index in [2.05, 4.69) is 6.92 Å². The minimum absolute atomic E-state index is 0.0491. The summed E-state index contributed by atoms with van der Waals surface area (Å²) < 4.78 is 26.2. The predicted octanol–water partition coefficient (Wildman–Crippen LogP) is 3.27. The zero-order chi connectivity index (χ0) is 13.7. The van der Waals surface area contributed by atoms with Gasteiger partial charge in [-0.2, -0.15) is 0 Å². The molecule has 0 bridgehead atoms. The van der Waals surface area contributed by atoms with Gasteiger partial charge in [-0.3, -0.25) is 9.69 Å². The molecule has 4 heteroatoms. The second-order valence-electron chi connectivity index (χ2n) is 4.60. The number of hydrogen-bond acceptors (Lipinski definition) is 2. The van der Waals surface area contributed by atoms with Crippen LogP contribution in [-0.4, -0.2) is 30.3 Å². The molecule has 0 N–H and O–H groups in total. The van der Waals surface area contributed by atoms with Crippen molar-refractivity contribution in [2.24, 2.45) is 0 Å². The van der Waals surface area contributed by atoms with Gasteiger partial charge < -0.3 is 0 Å². The maximum atomic E-state index is 13.4. The van der Waals surface area contributed by atoms with Crippen LogP contribution in [0.25, 0.3) is 0 Å². The van der Waals surface area contributed by atoms with Gasteiger partial charge in [-0.25, -0.2) is 8.78 Å². The first-order chi connectivity index (χ1) is 8.45. The Labute approximate surface area is 107 Å². The van der Waals surface area contributed by atoms with Crippen LogP contribution >= 0.6 is 0 Å². The Bertz CT molecular complexity index is 420. The van der Waals surface area contributed by atoms with E-state index in [1.54, 1.807) is 0 Å². The highest BCUT2D eigenvalue weighted by molar-refractivity contribution is 5.97. The van der Waals surface area contributed by atoms with E-state index in [1.165, 1.54) is 6.07 Å². The molecule has 0 aliphatic rings. The van der Waals surface area contributed by atoms with E-state index >= 15 is 0 Å². The predicted molar refractivity (Wildman–Crippen MR) is 67.7 cm³/mol. The highest BCUT2D eigenvalue weighted by Gasteiger charge is 2.17. The normalized spacial score (nSPS) is 12.8. The standard InChI is InChI=1S/C14H19F2NO/c1-4-5-10(2)17(3)9-14(18)12-7-6-11(15)8-13(12)16/h6-8,10H,4-5,9H2,1-3H3. The molecule has 100 valence electrons. The fourth-order valence-electron chi connectivity index (χ4n) is 1.82. The smallest absolute Gasteiger partial charge is 0.179 e. The van der Waals surface area contributed by atoms with Crippen molar-refractivity contribution in [3.63, 3.8) is 0 Å². The number of carbonyl (C=O) groups excluding carboxylic acids is 1. The fraction of sp³-hybridized carbons (Fsp3) is 0.500. The molecule has 0 aliphatic carbocycles. The highest BCUT2D eigenvalue weighted by Crippen LogP contribution is 2.12. The molecule has 1 aromatic rings. The van der Waals surface area contributed by atoms with Crippen LogP contribution in [0.3, 0.4) is 0 Å². The Morgan fingerprint density at radius 2 is 2.06 bits per heavy atom. The number of halogens is 2. The first-order valence-electron chi connectivity index (χ1n) is 6.14. The lowest BCUT2D eigenvalue weighted by molar-refractivity contribution is 0.0917. The van der Waals surface area contributed by atoms with Crippen LogP contribution in [0.2, 0.25) is 0 Å². The zero-order valence-electron chi connectivity index (χ0n) is 11.0. The van der Waals surface area contributed by atoms with Gasteiger partial charge in [-0.05, 0) is 32.5 Å². The molecular weight excluding hydrogens is 236 g/mol. The maximum absolute atomic E-state index is 13.4. The lowest BCUT2D eigenvalue weighted by Gasteiger charge is -2.23. The van der Waals surface area contributed by atoms with E-state index in [-0.39, 0.29) is 23.9 Å². The zero-order valence-corrected chi connectivity index (χ0v) is 11.0. The molecule has 0 saturated carbocycles. The Kier molecular flexibility index (Phi) is 5.41. The number of benzene rings is 1. The van der Waals surface area contributed by atoms with Gasteiger partial charge in [0, 0.05) is 12.1 Å². The van der Waals surface area contributed by atoms with E-state index in [4.69, 9.17) is 0 Å². The number of carbonyl (C=O) groups is 1. The van der Waals surface area contributed by atoms with Gasteiger partial charge in [-0.1, -0.05) is 13.3 Å². The van der Waals surface area contributed by atoms with Crippen molar-refractivity contribution in [3.8, 4) is 0 Å². The summed E-state index contributed by atoms with van der Waals surface area (Å²) in [5, 5.41) is 0. The Hall–Kier alpha value is -1.29. The summed E-state index contributed by atoms with van der Waals surface area (Å²) in [5.41, 5.74) is -0.0491. The van der Waals surface area contributed by atoms with Crippen LogP contribution in [-0.2, 0) is 0 Å². The largest absolute Gasteiger partial charge is 0.296 e. The molecule has 0 fully saturated rings. The summed E-state index contributed by atoms with van der Waals surface area (Å²) in [5.74, 6) is -1.79. The van der Waals surface area contributed by atoms with Gasteiger partial charge in [0.2, 0.25) is 0 Å². The number of nitrogens with zero attached hydrogens (tertiary/aromatic N) is 1. The van der Waals surface area contributed by atoms with Gasteiger partial charge in [0.05, 0.1) is 12.1 Å². The molecule has 1 unspecified atom stereocenters. The third-order valence-corrected chi connectivity index (χ3v) is 3.08. The molecule has 1 rings (SSSR count). The van der Waals surface area contributed by atoms with E-state index < -0.39 is 11.6 Å². The second kappa shape index (κ2) is 6.59. The highest BCUT2D eigenvalue weighted by atomic mass is 19.1. The van der Waals surface area contributed by atoms with Gasteiger partial charge in [0.25, 0.3) is 0 Å². The molecule has 2 nitrogen and oxygen atoms in total. The Morgan fingerprint density at radius 3 is 2.61 bits per heavy atom. The van der Waals surface area contributed by atoms with Crippen LogP contribution in [0.1, 0.15) is 37.0 Å². The number of Topliss-reactive ketones (excluding diaryl/α,β-unsaturated/α-hetero) is 1. The second-order valence-corrected chi connectivity index (χ2v) is 4.60. The molecule has 1 aromatic carbocycles. The molecule has 0 spiro atoms. The number of rotatable bonds is 6. The van der Waals surface area contributed by atoms with Crippen molar-refractivity contribution in [1.29, 1.82) is 0 Å². The van der Waals surface area contributed by atoms with Crippen LogP contribution < -0.4 is 0 Å². The minimum atomic E-state index is -0.795. The fourth-order valence-corrected chi connectivity index (χ4v) is 1.82. The quantitative estimate of drug-likeness (QED) is 0.727. The lowest BCUT2D eigenvalue weighted by atomic mass is 10.1. The number of hydrogen-bond donors (Lipinski definition) is 0. The third kappa shape index (κ3) is 3.88. The molecular formula is C14H19F2NO. The minimum Gasteiger partial charge on any atom is -0.296 e. The van der Waals surface area contributed by atoms with Crippen molar-refractivity contribution in [2.45, 2.75) is 32.7 Å². The monoisotopic (exact) mass is 255 g/mol. The molecule has 0 amide bonds. The van der Waals surface area contributed by atoms with Crippen molar-refractivity contribution in [3.05, 3.63) is 35.4 Å². The summed E-state index contributed by atoms with van der Waals surface area (Å²) in [6.45, 7) is 4.24.